The van der Waals surface area contributed by atoms with Crippen molar-refractivity contribution in [2.45, 2.75) is 20.0 Å². The predicted molar refractivity (Wildman–Crippen MR) is 113 cm³/mol. The molecule has 4 aromatic rings. The van der Waals surface area contributed by atoms with Crippen LogP contribution in [0.15, 0.2) is 72.8 Å². The number of nitrogens with zero attached hydrogens (tertiary/aromatic N) is 2. The number of para-hydroxylation sites is 2. The van der Waals surface area contributed by atoms with Crippen molar-refractivity contribution in [2.75, 3.05) is 0 Å². The largest absolute Gasteiger partial charge is 0.345 e. The van der Waals surface area contributed by atoms with E-state index in [2.05, 4.69) is 9.88 Å². The molecule has 3 aromatic carbocycles. The highest BCUT2D eigenvalue weighted by molar-refractivity contribution is 6.30. The smallest absolute Gasteiger partial charge is 0.251 e. The van der Waals surface area contributed by atoms with Crippen molar-refractivity contribution < 1.29 is 4.79 Å². The molecule has 1 amide bonds. The minimum atomic E-state index is -0.106. The van der Waals surface area contributed by atoms with Crippen molar-refractivity contribution in [3.63, 3.8) is 0 Å². The molecule has 28 heavy (non-hydrogen) atoms. The van der Waals surface area contributed by atoms with E-state index in [0.29, 0.717) is 23.7 Å². The molecule has 0 aliphatic rings. The van der Waals surface area contributed by atoms with E-state index in [1.165, 1.54) is 0 Å². The minimum Gasteiger partial charge on any atom is -0.345 e. The number of carbonyl (C=O) groups excluding carboxylic acids is 1. The van der Waals surface area contributed by atoms with Crippen molar-refractivity contribution in [2.24, 2.45) is 0 Å². The van der Waals surface area contributed by atoms with Gasteiger partial charge in [0.1, 0.15) is 5.82 Å². The monoisotopic (exact) mass is 389 g/mol. The fourth-order valence-corrected chi connectivity index (χ4v) is 3.30. The third-order valence-electron chi connectivity index (χ3n) is 4.71. The van der Waals surface area contributed by atoms with Gasteiger partial charge in [0.25, 0.3) is 5.91 Å². The van der Waals surface area contributed by atoms with Gasteiger partial charge in [-0.3, -0.25) is 4.79 Å². The highest BCUT2D eigenvalue weighted by Gasteiger charge is 2.13. The third-order valence-corrected chi connectivity index (χ3v) is 4.96. The van der Waals surface area contributed by atoms with Gasteiger partial charge < -0.3 is 9.88 Å². The van der Waals surface area contributed by atoms with Crippen LogP contribution in [0.1, 0.15) is 27.3 Å². The van der Waals surface area contributed by atoms with Gasteiger partial charge >= 0.3 is 0 Å². The number of amides is 1. The number of aromatic nitrogens is 2. The number of halogens is 1. The van der Waals surface area contributed by atoms with Crippen LogP contribution in [0.4, 0.5) is 0 Å². The molecular formula is C23H20ClN3O. The summed E-state index contributed by atoms with van der Waals surface area (Å²) in [7, 11) is 0. The van der Waals surface area contributed by atoms with Gasteiger partial charge in [0, 0.05) is 17.1 Å². The Kier molecular flexibility index (Phi) is 5.13. The van der Waals surface area contributed by atoms with Crippen molar-refractivity contribution >= 4 is 28.5 Å². The number of hydrogen-bond donors (Lipinski definition) is 1. The third kappa shape index (κ3) is 3.92. The zero-order chi connectivity index (χ0) is 19.5. The molecule has 0 saturated carbocycles. The summed E-state index contributed by atoms with van der Waals surface area (Å²) in [6.07, 6.45) is 0. The first-order chi connectivity index (χ1) is 13.6. The molecule has 140 valence electrons. The van der Waals surface area contributed by atoms with Crippen LogP contribution in [0.25, 0.3) is 11.0 Å². The lowest BCUT2D eigenvalue weighted by atomic mass is 10.1. The molecule has 0 fully saturated rings. The van der Waals surface area contributed by atoms with Crippen LogP contribution < -0.4 is 5.32 Å². The molecule has 0 atom stereocenters. The zero-order valence-corrected chi connectivity index (χ0v) is 16.3. The van der Waals surface area contributed by atoms with Crippen LogP contribution in [0.5, 0.6) is 0 Å². The predicted octanol–water partition coefficient (Wildman–Crippen LogP) is 4.98. The average Bonchev–Trinajstić information content (AvgIpc) is 3.06. The molecule has 4 nitrogen and oxygen atoms in total. The highest BCUT2D eigenvalue weighted by Crippen LogP contribution is 2.19. The van der Waals surface area contributed by atoms with E-state index in [0.717, 1.165) is 28.0 Å². The number of hydrogen-bond acceptors (Lipinski definition) is 2. The van der Waals surface area contributed by atoms with E-state index in [4.69, 9.17) is 16.6 Å². The van der Waals surface area contributed by atoms with Gasteiger partial charge in [-0.2, -0.15) is 0 Å². The molecule has 0 unspecified atom stereocenters. The summed E-state index contributed by atoms with van der Waals surface area (Å²) in [4.78, 5) is 17.2. The van der Waals surface area contributed by atoms with Crippen LogP contribution in [0.2, 0.25) is 5.02 Å². The van der Waals surface area contributed by atoms with Crippen LogP contribution in [-0.2, 0) is 13.1 Å². The van der Waals surface area contributed by atoms with E-state index < -0.39 is 0 Å². The lowest BCUT2D eigenvalue weighted by Crippen LogP contribution is -2.24. The molecule has 1 aromatic heterocycles. The molecule has 1 N–H and O–H groups in total. The standard InChI is InChI=1S/C23H20ClN3O/c1-16-6-10-18(11-7-16)23(28)25-14-22-26-20-4-2-3-5-21(20)27(22)15-17-8-12-19(24)13-9-17/h2-13H,14-15H2,1H3,(H,25,28). The number of aryl methyl sites for hydroxylation is 1. The fourth-order valence-electron chi connectivity index (χ4n) is 3.18. The van der Waals surface area contributed by atoms with Crippen LogP contribution in [-0.4, -0.2) is 15.5 Å². The zero-order valence-electron chi connectivity index (χ0n) is 15.5. The van der Waals surface area contributed by atoms with Gasteiger partial charge in [-0.25, -0.2) is 4.98 Å². The maximum Gasteiger partial charge on any atom is 0.251 e. The number of fused-ring (bicyclic) bond motifs is 1. The number of nitrogens with one attached hydrogen (secondary N) is 1. The van der Waals surface area contributed by atoms with Crippen LogP contribution in [0.3, 0.4) is 0 Å². The van der Waals surface area contributed by atoms with E-state index in [9.17, 15) is 4.79 Å². The molecule has 0 bridgehead atoms. The average molecular weight is 390 g/mol. The SMILES string of the molecule is Cc1ccc(C(=O)NCc2nc3ccccc3n2Cc2ccc(Cl)cc2)cc1. The van der Waals surface area contributed by atoms with Gasteiger partial charge in [-0.15, -0.1) is 0 Å². The fraction of sp³-hybridized carbons (Fsp3) is 0.130. The minimum absolute atomic E-state index is 0.106. The lowest BCUT2D eigenvalue weighted by molar-refractivity contribution is 0.0949. The second-order valence-corrected chi connectivity index (χ2v) is 7.21. The van der Waals surface area contributed by atoms with E-state index in [1.54, 1.807) is 0 Å². The Morgan fingerprint density at radius 1 is 1.00 bits per heavy atom. The van der Waals surface area contributed by atoms with Crippen molar-refractivity contribution in [3.8, 4) is 0 Å². The Morgan fingerprint density at radius 3 is 2.46 bits per heavy atom. The molecule has 0 radical (unpaired) electrons. The van der Waals surface area contributed by atoms with Crippen molar-refractivity contribution in [3.05, 3.63) is 100 Å². The Bertz CT molecular complexity index is 1120. The summed E-state index contributed by atoms with van der Waals surface area (Å²) in [6.45, 7) is 3.02. The Hall–Kier alpha value is -3.11. The molecule has 0 aliphatic heterocycles. The van der Waals surface area contributed by atoms with E-state index in [-0.39, 0.29) is 5.91 Å². The molecule has 0 saturated heterocycles. The number of benzene rings is 3. The maximum atomic E-state index is 12.5. The second kappa shape index (κ2) is 7.87. The summed E-state index contributed by atoms with van der Waals surface area (Å²) >= 11 is 6.01. The summed E-state index contributed by atoms with van der Waals surface area (Å²) in [6, 6.07) is 23.3. The van der Waals surface area contributed by atoms with Gasteiger partial charge in [0.2, 0.25) is 0 Å². The normalized spacial score (nSPS) is 10.9. The highest BCUT2D eigenvalue weighted by atomic mass is 35.5. The van der Waals surface area contributed by atoms with Gasteiger partial charge in [-0.05, 0) is 48.9 Å². The molecule has 5 heteroatoms. The first-order valence-electron chi connectivity index (χ1n) is 9.13. The van der Waals surface area contributed by atoms with Crippen LogP contribution in [0, 0.1) is 6.92 Å². The molecular weight excluding hydrogens is 370 g/mol. The molecule has 1 heterocycles. The van der Waals surface area contributed by atoms with Crippen molar-refractivity contribution in [1.82, 2.24) is 14.9 Å². The Balaban J connectivity index is 1.60. The van der Waals surface area contributed by atoms with E-state index >= 15 is 0 Å². The number of imidazole rings is 1. The number of carbonyl (C=O) groups is 1. The summed E-state index contributed by atoms with van der Waals surface area (Å²) in [5.74, 6) is 0.710. The topological polar surface area (TPSA) is 46.9 Å². The number of rotatable bonds is 5. The maximum absolute atomic E-state index is 12.5. The first kappa shape index (κ1) is 18.3. The Labute approximate surface area is 168 Å². The van der Waals surface area contributed by atoms with Crippen molar-refractivity contribution in [1.29, 1.82) is 0 Å². The summed E-state index contributed by atoms with van der Waals surface area (Å²) < 4.78 is 2.13. The van der Waals surface area contributed by atoms with Crippen LogP contribution >= 0.6 is 11.6 Å². The molecule has 0 spiro atoms. The van der Waals surface area contributed by atoms with Gasteiger partial charge in [-0.1, -0.05) is 53.6 Å². The first-order valence-corrected chi connectivity index (χ1v) is 9.51. The summed E-state index contributed by atoms with van der Waals surface area (Å²) in [5, 5.41) is 3.70. The second-order valence-electron chi connectivity index (χ2n) is 6.78. The summed E-state index contributed by atoms with van der Waals surface area (Å²) in [5.41, 5.74) is 4.85. The molecule has 4 rings (SSSR count). The van der Waals surface area contributed by atoms with Gasteiger partial charge in [0.15, 0.2) is 0 Å². The van der Waals surface area contributed by atoms with Gasteiger partial charge in [0.05, 0.1) is 17.6 Å². The Morgan fingerprint density at radius 2 is 1.71 bits per heavy atom. The lowest BCUT2D eigenvalue weighted by Gasteiger charge is -2.11. The quantitative estimate of drug-likeness (QED) is 0.523. The molecule has 0 aliphatic carbocycles. The van der Waals surface area contributed by atoms with E-state index in [1.807, 2.05) is 79.7 Å².